The van der Waals surface area contributed by atoms with Gasteiger partial charge >= 0.3 is 0 Å². The van der Waals surface area contributed by atoms with Gasteiger partial charge in [0.05, 0.1) is 20.3 Å². The quantitative estimate of drug-likeness (QED) is 0.400. The first kappa shape index (κ1) is 23.4. The van der Waals surface area contributed by atoms with Gasteiger partial charge in [-0.25, -0.2) is 0 Å². The van der Waals surface area contributed by atoms with Crippen molar-refractivity contribution in [2.75, 3.05) is 25.6 Å². The molecule has 2 amide bonds. The first-order valence-electron chi connectivity index (χ1n) is 9.44. The lowest BCUT2D eigenvalue weighted by Gasteiger charge is -2.12. The molecule has 0 radical (unpaired) electrons. The van der Waals surface area contributed by atoms with Crippen molar-refractivity contribution in [2.45, 2.75) is 26.7 Å². The predicted octanol–water partition coefficient (Wildman–Crippen LogP) is 3.88. The third-order valence-electron chi connectivity index (χ3n) is 4.28. The summed E-state index contributed by atoms with van der Waals surface area (Å²) in [5, 5.41) is 5.37. The summed E-state index contributed by atoms with van der Waals surface area (Å²) >= 11 is 3.37. The van der Waals surface area contributed by atoms with E-state index in [2.05, 4.69) is 26.6 Å². The van der Waals surface area contributed by atoms with Crippen LogP contribution in [0.4, 0.5) is 5.69 Å². The summed E-state index contributed by atoms with van der Waals surface area (Å²) < 4.78 is 11.8. The molecule has 0 heterocycles. The summed E-state index contributed by atoms with van der Waals surface area (Å²) in [4.78, 5) is 35.4. The van der Waals surface area contributed by atoms with Crippen molar-refractivity contribution in [3.8, 4) is 11.5 Å². The van der Waals surface area contributed by atoms with Crippen LogP contribution in [0.3, 0.4) is 0 Å². The minimum atomic E-state index is -0.291. The zero-order chi connectivity index (χ0) is 22.1. The van der Waals surface area contributed by atoms with Crippen LogP contribution in [0.5, 0.6) is 11.5 Å². The molecule has 2 aromatic carbocycles. The molecule has 0 unspecified atom stereocenters. The molecular formula is C22H25BrN2O5. The highest BCUT2D eigenvalue weighted by Crippen LogP contribution is 2.28. The number of halogens is 1. The molecule has 160 valence electrons. The Kier molecular flexibility index (Phi) is 8.86. The molecule has 7 nitrogen and oxygen atoms in total. The smallest absolute Gasteiger partial charge is 0.243 e. The molecule has 0 aliphatic carbocycles. The van der Waals surface area contributed by atoms with Crippen molar-refractivity contribution < 1.29 is 23.9 Å². The van der Waals surface area contributed by atoms with Crippen LogP contribution < -0.4 is 20.1 Å². The van der Waals surface area contributed by atoms with Crippen LogP contribution in [0.2, 0.25) is 0 Å². The lowest BCUT2D eigenvalue weighted by atomic mass is 10.1. The van der Waals surface area contributed by atoms with Gasteiger partial charge in [0.2, 0.25) is 11.8 Å². The molecule has 0 bridgehead atoms. The van der Waals surface area contributed by atoms with E-state index in [4.69, 9.17) is 9.47 Å². The fourth-order valence-electron chi connectivity index (χ4n) is 2.65. The normalized spacial score (nSPS) is 10.3. The lowest BCUT2D eigenvalue weighted by Crippen LogP contribution is -2.33. The highest BCUT2D eigenvalue weighted by molar-refractivity contribution is 9.10. The summed E-state index contributed by atoms with van der Waals surface area (Å²) in [5.41, 5.74) is 2.17. The van der Waals surface area contributed by atoms with Gasteiger partial charge in [-0.3, -0.25) is 14.4 Å². The third-order valence-corrected chi connectivity index (χ3v) is 4.78. The maximum Gasteiger partial charge on any atom is 0.243 e. The number of aryl methyl sites for hydroxylation is 1. The monoisotopic (exact) mass is 476 g/mol. The molecule has 8 heteroatoms. The Hall–Kier alpha value is -2.87. The number of amides is 2. The number of anilines is 1. The second-order valence-corrected chi connectivity index (χ2v) is 7.57. The van der Waals surface area contributed by atoms with E-state index in [1.807, 2.05) is 19.1 Å². The van der Waals surface area contributed by atoms with Crippen molar-refractivity contribution in [2.24, 2.45) is 0 Å². The van der Waals surface area contributed by atoms with Crippen molar-refractivity contribution in [3.05, 3.63) is 52.0 Å². The number of methoxy groups -OCH3 is 1. The van der Waals surface area contributed by atoms with Crippen molar-refractivity contribution in [3.63, 3.8) is 0 Å². The number of nitrogens with one attached hydrogen (secondary N) is 2. The summed E-state index contributed by atoms with van der Waals surface area (Å²) in [7, 11) is 1.50. The van der Waals surface area contributed by atoms with Gasteiger partial charge in [-0.15, -0.1) is 0 Å². The first-order valence-corrected chi connectivity index (χ1v) is 10.2. The van der Waals surface area contributed by atoms with Gasteiger partial charge in [0, 0.05) is 22.1 Å². The Bertz CT molecular complexity index is 930. The molecule has 0 spiro atoms. The number of Topliss-reactive ketones (excluding diaryl/α,β-unsaturated/α-hetero) is 1. The number of benzene rings is 2. The van der Waals surface area contributed by atoms with Gasteiger partial charge < -0.3 is 20.1 Å². The van der Waals surface area contributed by atoms with Crippen molar-refractivity contribution in [1.29, 1.82) is 0 Å². The van der Waals surface area contributed by atoms with Gasteiger partial charge in [-0.2, -0.15) is 0 Å². The Morgan fingerprint density at radius 2 is 1.80 bits per heavy atom. The summed E-state index contributed by atoms with van der Waals surface area (Å²) in [5.74, 6) is 0.385. The van der Waals surface area contributed by atoms with E-state index in [-0.39, 0.29) is 30.6 Å². The molecule has 0 aliphatic heterocycles. The maximum absolute atomic E-state index is 12.0. The number of hydrogen-bond donors (Lipinski definition) is 2. The predicted molar refractivity (Wildman–Crippen MR) is 118 cm³/mol. The number of carbonyl (C=O) groups excluding carboxylic acids is 3. The molecule has 2 N–H and O–H groups in total. The molecule has 0 saturated carbocycles. The minimum Gasteiger partial charge on any atom is -0.493 e. The summed E-state index contributed by atoms with van der Waals surface area (Å²) in [6, 6.07) is 10.5. The second kappa shape index (κ2) is 11.3. The highest BCUT2D eigenvalue weighted by Gasteiger charge is 2.10. The molecule has 2 aromatic rings. The number of hydrogen-bond acceptors (Lipinski definition) is 5. The van der Waals surface area contributed by atoms with Crippen LogP contribution in [0.1, 0.15) is 35.7 Å². The molecule has 0 aliphatic rings. The summed E-state index contributed by atoms with van der Waals surface area (Å²) in [6.45, 7) is 3.57. The van der Waals surface area contributed by atoms with E-state index in [0.29, 0.717) is 35.8 Å². The fraction of sp³-hybridized carbons (Fsp3) is 0.318. The topological polar surface area (TPSA) is 93.7 Å². The average Bonchev–Trinajstić information content (AvgIpc) is 2.71. The highest BCUT2D eigenvalue weighted by atomic mass is 79.9. The van der Waals surface area contributed by atoms with Crippen molar-refractivity contribution in [1.82, 2.24) is 5.32 Å². The number of ketones is 1. The van der Waals surface area contributed by atoms with Gasteiger partial charge in [-0.05, 0) is 62.2 Å². The number of rotatable bonds is 10. The molecule has 0 saturated heterocycles. The van der Waals surface area contributed by atoms with Gasteiger partial charge in [0.1, 0.15) is 0 Å². The van der Waals surface area contributed by atoms with Crippen LogP contribution in [0.15, 0.2) is 40.9 Å². The molecular weight excluding hydrogens is 452 g/mol. The van der Waals surface area contributed by atoms with Crippen LogP contribution in [-0.2, 0) is 9.59 Å². The molecule has 30 heavy (non-hydrogen) atoms. The van der Waals surface area contributed by atoms with Crippen LogP contribution in [0, 0.1) is 6.92 Å². The Morgan fingerprint density at radius 3 is 2.47 bits per heavy atom. The van der Waals surface area contributed by atoms with E-state index in [1.54, 1.807) is 24.3 Å². The molecule has 0 atom stereocenters. The lowest BCUT2D eigenvalue weighted by molar-refractivity contribution is -0.124. The van der Waals surface area contributed by atoms with E-state index >= 15 is 0 Å². The second-order valence-electron chi connectivity index (χ2n) is 6.66. The number of ether oxygens (including phenoxy) is 2. The Labute approximate surface area is 184 Å². The molecule has 0 fully saturated rings. The Morgan fingerprint density at radius 1 is 1.03 bits per heavy atom. The average molecular weight is 477 g/mol. The van der Waals surface area contributed by atoms with E-state index in [0.717, 1.165) is 10.0 Å². The Balaban J connectivity index is 1.71. The zero-order valence-corrected chi connectivity index (χ0v) is 18.8. The fourth-order valence-corrected chi connectivity index (χ4v) is 3.13. The van der Waals surface area contributed by atoms with Crippen LogP contribution in [-0.4, -0.2) is 37.9 Å². The SMILES string of the molecule is COc1cc(C(C)=O)ccc1OCCCC(=O)NCC(=O)Nc1ccc(Br)cc1C. The molecule has 0 aromatic heterocycles. The van der Waals surface area contributed by atoms with Gasteiger partial charge in [0.15, 0.2) is 17.3 Å². The third kappa shape index (κ3) is 7.18. The zero-order valence-electron chi connectivity index (χ0n) is 17.2. The minimum absolute atomic E-state index is 0.0594. The van der Waals surface area contributed by atoms with E-state index in [1.165, 1.54) is 14.0 Å². The van der Waals surface area contributed by atoms with Gasteiger partial charge in [-0.1, -0.05) is 15.9 Å². The van der Waals surface area contributed by atoms with Crippen LogP contribution >= 0.6 is 15.9 Å². The largest absolute Gasteiger partial charge is 0.493 e. The van der Waals surface area contributed by atoms with E-state index < -0.39 is 0 Å². The summed E-state index contributed by atoms with van der Waals surface area (Å²) in [6.07, 6.45) is 0.690. The standard InChI is InChI=1S/C22H25BrN2O5/c1-14-11-17(23)7-8-18(14)25-22(28)13-24-21(27)5-4-10-30-19-9-6-16(15(2)26)12-20(19)29-3/h6-9,11-12H,4-5,10,13H2,1-3H3,(H,24,27)(H,25,28). The van der Waals surface area contributed by atoms with Gasteiger partial charge in [0.25, 0.3) is 0 Å². The van der Waals surface area contributed by atoms with Crippen molar-refractivity contribution >= 4 is 39.2 Å². The number of carbonyl (C=O) groups is 3. The maximum atomic E-state index is 12.0. The van der Waals surface area contributed by atoms with Crippen LogP contribution in [0.25, 0.3) is 0 Å². The van der Waals surface area contributed by atoms with E-state index in [9.17, 15) is 14.4 Å². The first-order chi connectivity index (χ1) is 14.3. The molecule has 2 rings (SSSR count).